The number of nitrogens with zero attached hydrogens (tertiary/aromatic N) is 5. The molecule has 3 aromatic heterocycles. The van der Waals surface area contributed by atoms with Crippen molar-refractivity contribution in [3.8, 4) is 22.8 Å². The fourth-order valence-electron chi connectivity index (χ4n) is 3.45. The minimum Gasteiger partial charge on any atom is -0.455 e. The summed E-state index contributed by atoms with van der Waals surface area (Å²) in [5.41, 5.74) is 3.51. The average molecular weight is 431 g/mol. The van der Waals surface area contributed by atoms with Gasteiger partial charge in [-0.3, -0.25) is 19.5 Å². The van der Waals surface area contributed by atoms with Crippen molar-refractivity contribution in [1.82, 2.24) is 25.1 Å². The van der Waals surface area contributed by atoms with Crippen molar-refractivity contribution >= 4 is 17.2 Å². The monoisotopic (exact) mass is 430 g/mol. The van der Waals surface area contributed by atoms with Gasteiger partial charge in [-0.15, -0.1) is 0 Å². The summed E-state index contributed by atoms with van der Waals surface area (Å²) >= 11 is 0. The number of ether oxygens (including phenoxy) is 1. The summed E-state index contributed by atoms with van der Waals surface area (Å²) in [6.45, 7) is 7.68. The first kappa shape index (κ1) is 21.4. The Morgan fingerprint density at radius 3 is 2.72 bits per heavy atom. The van der Waals surface area contributed by atoms with Gasteiger partial charge in [0.1, 0.15) is 17.3 Å². The van der Waals surface area contributed by atoms with Crippen molar-refractivity contribution in [1.29, 1.82) is 0 Å². The first-order valence-corrected chi connectivity index (χ1v) is 10.5. The third kappa shape index (κ3) is 4.44. The number of carbonyl (C=O) groups is 1. The second-order valence-corrected chi connectivity index (χ2v) is 8.06. The van der Waals surface area contributed by atoms with Gasteiger partial charge in [-0.05, 0) is 45.9 Å². The number of amidine groups is 1. The summed E-state index contributed by atoms with van der Waals surface area (Å²) in [5.74, 6) is 1.61. The SMILES string of the molecule is Cc1nc(C2=CNC(=NC(C)C)C(C)C2=O)ccc1Oc1ccnc(-c2cnn(C)c2)c1. The maximum absolute atomic E-state index is 12.9. The summed E-state index contributed by atoms with van der Waals surface area (Å²) in [7, 11) is 1.86. The topological polar surface area (TPSA) is 94.3 Å². The molecule has 3 aromatic rings. The highest BCUT2D eigenvalue weighted by molar-refractivity contribution is 6.29. The summed E-state index contributed by atoms with van der Waals surface area (Å²) in [5, 5.41) is 7.34. The Hall–Kier alpha value is -3.81. The van der Waals surface area contributed by atoms with Crippen LogP contribution in [-0.4, -0.2) is 37.4 Å². The van der Waals surface area contributed by atoms with Gasteiger partial charge in [0.15, 0.2) is 5.78 Å². The summed E-state index contributed by atoms with van der Waals surface area (Å²) in [6, 6.07) is 7.40. The lowest BCUT2D eigenvalue weighted by Crippen LogP contribution is -2.37. The van der Waals surface area contributed by atoms with Gasteiger partial charge >= 0.3 is 0 Å². The number of hydrogen-bond acceptors (Lipinski definition) is 6. The maximum Gasteiger partial charge on any atom is 0.176 e. The molecule has 0 saturated carbocycles. The van der Waals surface area contributed by atoms with Crippen LogP contribution in [0.4, 0.5) is 0 Å². The molecule has 32 heavy (non-hydrogen) atoms. The molecule has 8 nitrogen and oxygen atoms in total. The fraction of sp³-hybridized carbons (Fsp3) is 0.292. The highest BCUT2D eigenvalue weighted by atomic mass is 16.5. The number of Topliss-reactive ketones (excluding diaryl/α,β-unsaturated/α-hetero) is 1. The summed E-state index contributed by atoms with van der Waals surface area (Å²) < 4.78 is 7.79. The lowest BCUT2D eigenvalue weighted by molar-refractivity contribution is -0.115. The zero-order valence-corrected chi connectivity index (χ0v) is 18.8. The Morgan fingerprint density at radius 2 is 2.03 bits per heavy atom. The molecule has 1 N–H and O–H groups in total. The van der Waals surface area contributed by atoms with E-state index >= 15 is 0 Å². The largest absolute Gasteiger partial charge is 0.455 e. The van der Waals surface area contributed by atoms with E-state index in [2.05, 4.69) is 25.4 Å². The van der Waals surface area contributed by atoms with Gasteiger partial charge < -0.3 is 10.1 Å². The molecule has 0 aliphatic carbocycles. The number of aromatic nitrogens is 4. The smallest absolute Gasteiger partial charge is 0.176 e. The van der Waals surface area contributed by atoms with Crippen LogP contribution < -0.4 is 10.1 Å². The number of hydrogen-bond donors (Lipinski definition) is 1. The second kappa shape index (κ2) is 8.74. The molecule has 0 radical (unpaired) electrons. The lowest BCUT2D eigenvalue weighted by atomic mass is 9.93. The number of aryl methyl sites for hydroxylation is 2. The third-order valence-corrected chi connectivity index (χ3v) is 5.10. The third-order valence-electron chi connectivity index (χ3n) is 5.10. The van der Waals surface area contributed by atoms with E-state index in [9.17, 15) is 4.79 Å². The Morgan fingerprint density at radius 1 is 1.22 bits per heavy atom. The second-order valence-electron chi connectivity index (χ2n) is 8.06. The number of nitrogens with one attached hydrogen (secondary N) is 1. The summed E-state index contributed by atoms with van der Waals surface area (Å²) in [4.78, 5) is 26.4. The number of carbonyl (C=O) groups excluding carboxylic acids is 1. The Bertz CT molecular complexity index is 1220. The zero-order valence-electron chi connectivity index (χ0n) is 18.8. The van der Waals surface area contributed by atoms with Crippen LogP contribution in [0.1, 0.15) is 32.2 Å². The normalized spacial score (nSPS) is 17.4. The van der Waals surface area contributed by atoms with Gasteiger partial charge in [-0.25, -0.2) is 4.98 Å². The molecule has 0 saturated heterocycles. The highest BCUT2D eigenvalue weighted by Gasteiger charge is 2.28. The van der Waals surface area contributed by atoms with E-state index in [0.29, 0.717) is 34.3 Å². The van der Waals surface area contributed by atoms with Gasteiger partial charge in [0.25, 0.3) is 0 Å². The van der Waals surface area contributed by atoms with Crippen LogP contribution in [0.3, 0.4) is 0 Å². The molecule has 1 unspecified atom stereocenters. The number of rotatable bonds is 5. The molecule has 0 aromatic carbocycles. The van der Waals surface area contributed by atoms with Crippen LogP contribution in [0, 0.1) is 12.8 Å². The maximum atomic E-state index is 12.9. The molecule has 1 aliphatic heterocycles. The van der Waals surface area contributed by atoms with Crippen LogP contribution in [0.2, 0.25) is 0 Å². The van der Waals surface area contributed by atoms with Gasteiger partial charge in [0, 0.05) is 43.3 Å². The number of aliphatic imine (C=N–C) groups is 1. The van der Waals surface area contributed by atoms with E-state index in [4.69, 9.17) is 4.74 Å². The molecular weight excluding hydrogens is 404 g/mol. The number of ketones is 1. The Kier molecular flexibility index (Phi) is 5.85. The molecule has 0 fully saturated rings. The van der Waals surface area contributed by atoms with Crippen LogP contribution in [-0.2, 0) is 11.8 Å². The first-order chi connectivity index (χ1) is 15.3. The quantitative estimate of drug-likeness (QED) is 0.659. The minimum atomic E-state index is -0.335. The van der Waals surface area contributed by atoms with Crippen molar-refractivity contribution in [3.05, 3.63) is 60.4 Å². The zero-order chi connectivity index (χ0) is 22.8. The van der Waals surface area contributed by atoms with E-state index < -0.39 is 0 Å². The number of allylic oxidation sites excluding steroid dienone is 1. The van der Waals surface area contributed by atoms with Crippen molar-refractivity contribution in [2.45, 2.75) is 33.7 Å². The fourth-order valence-corrected chi connectivity index (χ4v) is 3.45. The van der Waals surface area contributed by atoms with Gasteiger partial charge in [0.2, 0.25) is 0 Å². The predicted octanol–water partition coefficient (Wildman–Crippen LogP) is 3.93. The van der Waals surface area contributed by atoms with Crippen LogP contribution in [0.15, 0.2) is 54.0 Å². The van der Waals surface area contributed by atoms with Crippen LogP contribution >= 0.6 is 0 Å². The molecule has 0 amide bonds. The standard InChI is InChI=1S/C24H26N6O2/c1-14(2)28-24-15(3)23(31)19(12-26-24)20-6-7-22(16(4)29-20)32-18-8-9-25-21(10-18)17-11-27-30(5)13-17/h6-15H,1-5H3,(H,26,28). The van der Waals surface area contributed by atoms with E-state index in [-0.39, 0.29) is 17.7 Å². The van der Waals surface area contributed by atoms with E-state index in [1.54, 1.807) is 35.4 Å². The minimum absolute atomic E-state index is 0.000959. The van der Waals surface area contributed by atoms with Crippen molar-refractivity contribution < 1.29 is 9.53 Å². The average Bonchev–Trinajstić information content (AvgIpc) is 3.19. The molecule has 0 spiro atoms. The molecule has 164 valence electrons. The van der Waals surface area contributed by atoms with Gasteiger partial charge in [0.05, 0.1) is 34.8 Å². The van der Waals surface area contributed by atoms with Crippen molar-refractivity contribution in [2.75, 3.05) is 0 Å². The molecule has 8 heteroatoms. The molecular formula is C24H26N6O2. The molecule has 0 bridgehead atoms. The lowest BCUT2D eigenvalue weighted by Gasteiger charge is -2.22. The Labute approximate surface area is 187 Å². The van der Waals surface area contributed by atoms with Gasteiger partial charge in [-0.2, -0.15) is 5.10 Å². The van der Waals surface area contributed by atoms with Gasteiger partial charge in [-0.1, -0.05) is 0 Å². The molecule has 1 aliphatic rings. The van der Waals surface area contributed by atoms with E-state index in [1.807, 2.05) is 53.1 Å². The molecule has 4 heterocycles. The molecule has 4 rings (SSSR count). The predicted molar refractivity (Wildman–Crippen MR) is 123 cm³/mol. The van der Waals surface area contributed by atoms with Crippen molar-refractivity contribution in [2.24, 2.45) is 18.0 Å². The summed E-state index contributed by atoms with van der Waals surface area (Å²) in [6.07, 6.45) is 7.04. The molecule has 1 atom stereocenters. The van der Waals surface area contributed by atoms with Crippen molar-refractivity contribution in [3.63, 3.8) is 0 Å². The number of pyridine rings is 2. The van der Waals surface area contributed by atoms with E-state index in [0.717, 1.165) is 11.3 Å². The first-order valence-electron chi connectivity index (χ1n) is 10.5. The van der Waals surface area contributed by atoms with Crippen LogP contribution in [0.5, 0.6) is 11.5 Å². The van der Waals surface area contributed by atoms with Crippen LogP contribution in [0.25, 0.3) is 16.8 Å². The Balaban J connectivity index is 1.56. The highest BCUT2D eigenvalue weighted by Crippen LogP contribution is 2.29. The van der Waals surface area contributed by atoms with E-state index in [1.165, 1.54) is 0 Å².